The molecule has 1 saturated heterocycles. The molecular formula is C16H19FN2O3. The number of ether oxygens (including phenoxy) is 1. The van der Waals surface area contributed by atoms with Crippen molar-refractivity contribution in [2.75, 3.05) is 6.61 Å². The number of aliphatic hydroxyl groups is 2. The molecule has 1 aromatic carbocycles. The summed E-state index contributed by atoms with van der Waals surface area (Å²) in [5.41, 5.74) is 6.76. The molecule has 0 radical (unpaired) electrons. The standard InChI is InChI=1S/C16H19FN2O3/c17-9-1-3-13-12(7-9)11(5-6-19-13)15(20)16(21)14-4-2-10(18)8-22-14/h1,3,5-7,10,14-16,20-21H,2,4,8,18H2/t10-,14+,15+,16-/m0/s1. The second kappa shape index (κ2) is 6.26. The van der Waals surface area contributed by atoms with Gasteiger partial charge in [-0.25, -0.2) is 4.39 Å². The average molecular weight is 306 g/mol. The molecule has 0 spiro atoms. The molecule has 0 aliphatic carbocycles. The number of benzene rings is 1. The summed E-state index contributed by atoms with van der Waals surface area (Å²) in [6.07, 6.45) is 0.0969. The fourth-order valence-corrected chi connectivity index (χ4v) is 2.85. The van der Waals surface area contributed by atoms with Gasteiger partial charge in [0.2, 0.25) is 0 Å². The van der Waals surface area contributed by atoms with E-state index in [4.69, 9.17) is 10.5 Å². The molecule has 2 heterocycles. The van der Waals surface area contributed by atoms with E-state index in [-0.39, 0.29) is 6.04 Å². The second-order valence-corrected chi connectivity index (χ2v) is 5.71. The maximum absolute atomic E-state index is 13.5. The highest BCUT2D eigenvalue weighted by Crippen LogP contribution is 2.29. The van der Waals surface area contributed by atoms with Crippen molar-refractivity contribution in [1.82, 2.24) is 4.98 Å². The summed E-state index contributed by atoms with van der Waals surface area (Å²) in [7, 11) is 0. The fourth-order valence-electron chi connectivity index (χ4n) is 2.85. The highest BCUT2D eigenvalue weighted by atomic mass is 19.1. The number of aromatic nitrogens is 1. The number of halogens is 1. The lowest BCUT2D eigenvalue weighted by Gasteiger charge is -2.32. The van der Waals surface area contributed by atoms with Gasteiger partial charge in [-0.05, 0) is 42.7 Å². The minimum atomic E-state index is -1.17. The molecule has 1 fully saturated rings. The second-order valence-electron chi connectivity index (χ2n) is 5.71. The van der Waals surface area contributed by atoms with Crippen molar-refractivity contribution < 1.29 is 19.3 Å². The maximum Gasteiger partial charge on any atom is 0.123 e. The van der Waals surface area contributed by atoms with Crippen molar-refractivity contribution in [2.24, 2.45) is 5.73 Å². The van der Waals surface area contributed by atoms with Crippen LogP contribution in [0.25, 0.3) is 10.9 Å². The molecule has 0 saturated carbocycles. The smallest absolute Gasteiger partial charge is 0.123 e. The summed E-state index contributed by atoms with van der Waals surface area (Å²) < 4.78 is 19.0. The van der Waals surface area contributed by atoms with Crippen molar-refractivity contribution in [3.63, 3.8) is 0 Å². The highest BCUT2D eigenvalue weighted by molar-refractivity contribution is 5.82. The van der Waals surface area contributed by atoms with Crippen LogP contribution in [0.3, 0.4) is 0 Å². The van der Waals surface area contributed by atoms with Gasteiger partial charge in [0.15, 0.2) is 0 Å². The van der Waals surface area contributed by atoms with Crippen LogP contribution in [0.2, 0.25) is 0 Å². The monoisotopic (exact) mass is 306 g/mol. The van der Waals surface area contributed by atoms with Gasteiger partial charge in [0, 0.05) is 17.6 Å². The largest absolute Gasteiger partial charge is 0.387 e. The zero-order chi connectivity index (χ0) is 15.7. The minimum Gasteiger partial charge on any atom is -0.387 e. The number of pyridine rings is 1. The summed E-state index contributed by atoms with van der Waals surface area (Å²) in [4.78, 5) is 4.14. The first kappa shape index (κ1) is 15.3. The van der Waals surface area contributed by atoms with Gasteiger partial charge in [-0.1, -0.05) is 0 Å². The highest BCUT2D eigenvalue weighted by Gasteiger charge is 2.32. The fraction of sp³-hybridized carbons (Fsp3) is 0.438. The molecule has 0 amide bonds. The van der Waals surface area contributed by atoms with Gasteiger partial charge in [-0.15, -0.1) is 0 Å². The Bertz CT molecular complexity index is 659. The zero-order valence-electron chi connectivity index (χ0n) is 12.0. The molecule has 1 aromatic heterocycles. The molecule has 4 N–H and O–H groups in total. The van der Waals surface area contributed by atoms with Crippen molar-refractivity contribution in [3.05, 3.63) is 41.8 Å². The van der Waals surface area contributed by atoms with Gasteiger partial charge >= 0.3 is 0 Å². The van der Waals surface area contributed by atoms with Crippen LogP contribution >= 0.6 is 0 Å². The van der Waals surface area contributed by atoms with Crippen LogP contribution in [0.4, 0.5) is 4.39 Å². The van der Waals surface area contributed by atoms with Crippen molar-refractivity contribution in [3.8, 4) is 0 Å². The van der Waals surface area contributed by atoms with E-state index in [1.807, 2.05) is 0 Å². The predicted molar refractivity (Wildman–Crippen MR) is 79.6 cm³/mol. The number of fused-ring (bicyclic) bond motifs is 1. The average Bonchev–Trinajstić information content (AvgIpc) is 2.53. The Morgan fingerprint density at radius 2 is 2.09 bits per heavy atom. The summed E-state index contributed by atoms with van der Waals surface area (Å²) >= 11 is 0. The Hall–Kier alpha value is -1.60. The first-order valence-corrected chi connectivity index (χ1v) is 7.34. The van der Waals surface area contributed by atoms with E-state index in [1.165, 1.54) is 18.3 Å². The van der Waals surface area contributed by atoms with E-state index in [0.29, 0.717) is 29.5 Å². The van der Waals surface area contributed by atoms with E-state index in [2.05, 4.69) is 4.98 Å². The molecular weight excluding hydrogens is 287 g/mol. The molecule has 3 rings (SSSR count). The number of rotatable bonds is 3. The van der Waals surface area contributed by atoms with E-state index >= 15 is 0 Å². The molecule has 118 valence electrons. The van der Waals surface area contributed by atoms with Gasteiger partial charge in [-0.3, -0.25) is 4.98 Å². The lowest BCUT2D eigenvalue weighted by molar-refractivity contribution is -0.111. The van der Waals surface area contributed by atoms with Crippen LogP contribution < -0.4 is 5.73 Å². The molecule has 1 aliphatic heterocycles. The van der Waals surface area contributed by atoms with Crippen molar-refractivity contribution >= 4 is 10.9 Å². The molecule has 22 heavy (non-hydrogen) atoms. The zero-order valence-corrected chi connectivity index (χ0v) is 12.0. The molecule has 0 unspecified atom stereocenters. The molecule has 0 bridgehead atoms. The first-order chi connectivity index (χ1) is 10.6. The molecule has 6 heteroatoms. The number of hydrogen-bond donors (Lipinski definition) is 3. The van der Waals surface area contributed by atoms with E-state index in [9.17, 15) is 14.6 Å². The Kier molecular flexibility index (Phi) is 4.35. The Labute approximate surface area is 127 Å². The van der Waals surface area contributed by atoms with Gasteiger partial charge in [-0.2, -0.15) is 0 Å². The van der Waals surface area contributed by atoms with Crippen LogP contribution in [0, 0.1) is 5.82 Å². The quantitative estimate of drug-likeness (QED) is 0.795. The van der Waals surface area contributed by atoms with Crippen LogP contribution in [0.1, 0.15) is 24.5 Å². The Morgan fingerprint density at radius 3 is 2.82 bits per heavy atom. The Morgan fingerprint density at radius 1 is 1.27 bits per heavy atom. The Balaban J connectivity index is 1.88. The van der Waals surface area contributed by atoms with E-state index in [1.54, 1.807) is 12.1 Å². The van der Waals surface area contributed by atoms with Crippen LogP contribution in [-0.4, -0.2) is 40.1 Å². The first-order valence-electron chi connectivity index (χ1n) is 7.34. The van der Waals surface area contributed by atoms with Crippen LogP contribution in [0.5, 0.6) is 0 Å². The van der Waals surface area contributed by atoms with Gasteiger partial charge < -0.3 is 20.7 Å². The topological polar surface area (TPSA) is 88.6 Å². The number of aliphatic hydroxyl groups excluding tert-OH is 2. The normalized spacial score (nSPS) is 25.1. The number of nitrogens with two attached hydrogens (primary N) is 1. The minimum absolute atomic E-state index is 0.0311. The van der Waals surface area contributed by atoms with Crippen LogP contribution in [-0.2, 0) is 4.74 Å². The van der Waals surface area contributed by atoms with Crippen molar-refractivity contribution in [1.29, 1.82) is 0 Å². The van der Waals surface area contributed by atoms with E-state index in [0.717, 1.165) is 6.42 Å². The van der Waals surface area contributed by atoms with Crippen LogP contribution in [0.15, 0.2) is 30.5 Å². The lowest BCUT2D eigenvalue weighted by atomic mass is 9.93. The van der Waals surface area contributed by atoms with E-state index < -0.39 is 24.1 Å². The summed E-state index contributed by atoms with van der Waals surface area (Å²) in [5, 5.41) is 21.4. The number of hydrogen-bond acceptors (Lipinski definition) is 5. The predicted octanol–water partition coefficient (Wildman–Crippen LogP) is 1.27. The molecule has 1 aliphatic rings. The van der Waals surface area contributed by atoms with Crippen molar-refractivity contribution in [2.45, 2.75) is 37.2 Å². The lowest BCUT2D eigenvalue weighted by Crippen LogP contribution is -2.43. The third-order valence-electron chi connectivity index (χ3n) is 4.11. The van der Waals surface area contributed by atoms with Gasteiger partial charge in [0.05, 0.1) is 18.2 Å². The third kappa shape index (κ3) is 2.96. The summed E-state index contributed by atoms with van der Waals surface area (Å²) in [6.45, 7) is 0.361. The summed E-state index contributed by atoms with van der Waals surface area (Å²) in [6, 6.07) is 5.73. The molecule has 4 atom stereocenters. The molecule has 2 aromatic rings. The third-order valence-corrected chi connectivity index (χ3v) is 4.11. The number of nitrogens with zero attached hydrogens (tertiary/aromatic N) is 1. The molecule has 5 nitrogen and oxygen atoms in total. The SMILES string of the molecule is N[C@H]1CC[C@H]([C@H](O)[C@H](O)c2ccnc3ccc(F)cc23)OC1. The van der Waals surface area contributed by atoms with Gasteiger partial charge in [0.1, 0.15) is 18.0 Å². The summed E-state index contributed by atoms with van der Waals surface area (Å²) in [5.74, 6) is -0.414. The maximum atomic E-state index is 13.5. The van der Waals surface area contributed by atoms with Gasteiger partial charge in [0.25, 0.3) is 0 Å².